The molecular weight excluding hydrogens is 518 g/mol. The number of hydrogen-bond acceptors (Lipinski definition) is 5. The Balaban J connectivity index is 1.52. The molecule has 4 aliphatic heterocycles. The van der Waals surface area contributed by atoms with Crippen LogP contribution in [-0.2, 0) is 25.7 Å². The van der Waals surface area contributed by atoms with Crippen LogP contribution in [0.2, 0.25) is 0 Å². The van der Waals surface area contributed by atoms with Crippen LogP contribution in [0.1, 0.15) is 64.9 Å². The molecule has 0 aromatic heterocycles. The van der Waals surface area contributed by atoms with Crippen LogP contribution in [0.25, 0.3) is 0 Å². The highest BCUT2D eigenvalue weighted by Gasteiger charge is 2.74. The molecule has 8 nitrogen and oxygen atoms in total. The molecule has 0 saturated carbocycles. The lowest BCUT2D eigenvalue weighted by Gasteiger charge is -2.38. The quantitative estimate of drug-likeness (QED) is 0.328. The van der Waals surface area contributed by atoms with Crippen molar-refractivity contribution in [3.05, 3.63) is 60.2 Å². The number of aliphatic hydroxyl groups excluding tert-OH is 1. The van der Waals surface area contributed by atoms with Crippen LogP contribution >= 0.6 is 0 Å². The van der Waals surface area contributed by atoms with Crippen LogP contribution < -0.4 is 0 Å². The van der Waals surface area contributed by atoms with E-state index in [0.29, 0.717) is 26.2 Å². The monoisotopic (exact) mass is 563 g/mol. The fraction of sp³-hybridized carbons (Fsp3) is 0.606. The molecule has 222 valence electrons. The van der Waals surface area contributed by atoms with E-state index in [1.807, 2.05) is 71.4 Å². The Labute approximate surface area is 244 Å². The van der Waals surface area contributed by atoms with E-state index in [4.69, 9.17) is 4.74 Å². The molecule has 6 atom stereocenters. The number of carbonyl (C=O) groups excluding carboxylic acids is 3. The Morgan fingerprint density at radius 1 is 0.951 bits per heavy atom. The third kappa shape index (κ3) is 5.25. The van der Waals surface area contributed by atoms with E-state index in [1.54, 1.807) is 4.90 Å². The summed E-state index contributed by atoms with van der Waals surface area (Å²) in [6, 6.07) is 9.09. The summed E-state index contributed by atoms with van der Waals surface area (Å²) in [6.07, 6.45) is 12.8. The highest BCUT2D eigenvalue weighted by molar-refractivity contribution is 6.00. The Kier molecular flexibility index (Phi) is 8.71. The predicted molar refractivity (Wildman–Crippen MR) is 156 cm³/mol. The predicted octanol–water partition coefficient (Wildman–Crippen LogP) is 3.70. The number of ether oxygens (including phenoxy) is 1. The molecular formula is C33H45N3O5. The zero-order valence-electron chi connectivity index (χ0n) is 24.7. The van der Waals surface area contributed by atoms with Crippen LogP contribution in [0.5, 0.6) is 0 Å². The molecule has 2 fully saturated rings. The number of aliphatic hydroxyl groups is 1. The lowest BCUT2D eigenvalue weighted by Crippen LogP contribution is -2.57. The second-order valence-electron chi connectivity index (χ2n) is 12.3. The van der Waals surface area contributed by atoms with Gasteiger partial charge in [-0.25, -0.2) is 0 Å². The van der Waals surface area contributed by atoms with Gasteiger partial charge in [-0.2, -0.15) is 0 Å². The number of fused-ring (bicyclic) bond motifs is 2. The van der Waals surface area contributed by atoms with Crippen molar-refractivity contribution in [2.24, 2.45) is 11.8 Å². The minimum atomic E-state index is -1.21. The topological polar surface area (TPSA) is 90.4 Å². The average Bonchev–Trinajstić information content (AvgIpc) is 3.22. The molecule has 1 aromatic rings. The number of benzene rings is 1. The van der Waals surface area contributed by atoms with Crippen molar-refractivity contribution >= 4 is 17.7 Å². The third-order valence-electron chi connectivity index (χ3n) is 9.43. The number of likely N-dealkylation sites (tertiary alicyclic amines) is 1. The summed E-state index contributed by atoms with van der Waals surface area (Å²) in [7, 11) is 0. The first-order valence-electron chi connectivity index (χ1n) is 15.4. The fourth-order valence-corrected chi connectivity index (χ4v) is 7.49. The van der Waals surface area contributed by atoms with Gasteiger partial charge >= 0.3 is 0 Å². The number of hydrogen-bond donors (Lipinski definition) is 1. The largest absolute Gasteiger partial charge is 0.396 e. The molecule has 0 aliphatic carbocycles. The van der Waals surface area contributed by atoms with Crippen LogP contribution in [0.15, 0.2) is 54.6 Å². The highest BCUT2D eigenvalue weighted by atomic mass is 16.5. The van der Waals surface area contributed by atoms with Gasteiger partial charge in [0.2, 0.25) is 17.7 Å². The van der Waals surface area contributed by atoms with E-state index in [9.17, 15) is 19.5 Å². The first-order chi connectivity index (χ1) is 19.8. The first kappa shape index (κ1) is 29.5. The van der Waals surface area contributed by atoms with Gasteiger partial charge in [0.05, 0.1) is 17.4 Å². The molecule has 5 rings (SSSR count). The minimum Gasteiger partial charge on any atom is -0.396 e. The SMILES string of the molecule is CCCC(C)N1CC=C[C@]23O[C@]4(C)C=CCN(Cc5ccccc5)C(=O)[C@@H]4[C@H]2C(=O)N(CCCCCCO)C3C1=O. The maximum Gasteiger partial charge on any atom is 0.249 e. The van der Waals surface area contributed by atoms with E-state index in [1.165, 1.54) is 0 Å². The van der Waals surface area contributed by atoms with Crippen molar-refractivity contribution in [2.75, 3.05) is 26.2 Å². The maximum atomic E-state index is 14.5. The van der Waals surface area contributed by atoms with Gasteiger partial charge in [-0.05, 0) is 38.7 Å². The summed E-state index contributed by atoms with van der Waals surface area (Å²) in [5.41, 5.74) is -1.20. The van der Waals surface area contributed by atoms with Crippen molar-refractivity contribution in [2.45, 2.75) is 89.1 Å². The van der Waals surface area contributed by atoms with Gasteiger partial charge in [0, 0.05) is 38.8 Å². The van der Waals surface area contributed by atoms with Crippen molar-refractivity contribution in [1.82, 2.24) is 14.7 Å². The molecule has 1 spiro atoms. The molecule has 41 heavy (non-hydrogen) atoms. The van der Waals surface area contributed by atoms with Gasteiger partial charge in [0.1, 0.15) is 11.6 Å². The number of unbranched alkanes of at least 4 members (excludes halogenated alkanes) is 3. The van der Waals surface area contributed by atoms with E-state index < -0.39 is 29.1 Å². The zero-order chi connectivity index (χ0) is 29.2. The molecule has 2 saturated heterocycles. The lowest BCUT2D eigenvalue weighted by molar-refractivity contribution is -0.154. The summed E-state index contributed by atoms with van der Waals surface area (Å²) in [4.78, 5) is 48.6. The third-order valence-corrected chi connectivity index (χ3v) is 9.43. The second-order valence-corrected chi connectivity index (χ2v) is 12.3. The van der Waals surface area contributed by atoms with Gasteiger partial charge < -0.3 is 24.5 Å². The maximum absolute atomic E-state index is 14.5. The molecule has 1 aromatic carbocycles. The Morgan fingerprint density at radius 2 is 1.68 bits per heavy atom. The molecule has 4 aliphatic rings. The van der Waals surface area contributed by atoms with E-state index in [0.717, 1.165) is 44.1 Å². The normalized spacial score (nSPS) is 31.7. The molecule has 0 bridgehead atoms. The van der Waals surface area contributed by atoms with Crippen molar-refractivity contribution in [3.8, 4) is 0 Å². The molecule has 1 N–H and O–H groups in total. The molecule has 4 heterocycles. The summed E-state index contributed by atoms with van der Waals surface area (Å²) in [5.74, 6) is -1.90. The van der Waals surface area contributed by atoms with Gasteiger partial charge in [-0.3, -0.25) is 14.4 Å². The Morgan fingerprint density at radius 3 is 2.41 bits per heavy atom. The van der Waals surface area contributed by atoms with Crippen LogP contribution in [-0.4, -0.2) is 87.1 Å². The summed E-state index contributed by atoms with van der Waals surface area (Å²) >= 11 is 0. The molecule has 0 radical (unpaired) electrons. The average molecular weight is 564 g/mol. The van der Waals surface area contributed by atoms with Crippen LogP contribution in [0.4, 0.5) is 0 Å². The number of amides is 3. The van der Waals surface area contributed by atoms with Gasteiger partial charge in [-0.1, -0.05) is 80.8 Å². The zero-order valence-corrected chi connectivity index (χ0v) is 24.7. The van der Waals surface area contributed by atoms with Gasteiger partial charge in [0.25, 0.3) is 0 Å². The molecule has 8 heteroatoms. The number of rotatable bonds is 11. The first-order valence-corrected chi connectivity index (χ1v) is 15.4. The molecule has 3 amide bonds. The van der Waals surface area contributed by atoms with E-state index in [-0.39, 0.29) is 30.4 Å². The Bertz CT molecular complexity index is 1180. The summed E-state index contributed by atoms with van der Waals surface area (Å²) in [5, 5.41) is 9.19. The second kappa shape index (κ2) is 12.1. The van der Waals surface area contributed by atoms with Crippen molar-refractivity contribution < 1.29 is 24.2 Å². The van der Waals surface area contributed by atoms with Crippen molar-refractivity contribution in [3.63, 3.8) is 0 Å². The fourth-order valence-electron chi connectivity index (χ4n) is 7.49. The summed E-state index contributed by atoms with van der Waals surface area (Å²) < 4.78 is 6.94. The van der Waals surface area contributed by atoms with E-state index in [2.05, 4.69) is 13.8 Å². The van der Waals surface area contributed by atoms with Crippen LogP contribution in [0, 0.1) is 11.8 Å². The summed E-state index contributed by atoms with van der Waals surface area (Å²) in [6.45, 7) is 7.98. The Hall–Kier alpha value is -2.97. The van der Waals surface area contributed by atoms with Crippen LogP contribution in [0.3, 0.4) is 0 Å². The van der Waals surface area contributed by atoms with Gasteiger partial charge in [-0.15, -0.1) is 0 Å². The van der Waals surface area contributed by atoms with E-state index >= 15 is 0 Å². The minimum absolute atomic E-state index is 0.0261. The highest BCUT2D eigenvalue weighted by Crippen LogP contribution is 2.57. The number of nitrogens with zero attached hydrogens (tertiary/aromatic N) is 3. The van der Waals surface area contributed by atoms with Gasteiger partial charge in [0.15, 0.2) is 0 Å². The smallest absolute Gasteiger partial charge is 0.249 e. The lowest BCUT2D eigenvalue weighted by atomic mass is 9.74. The standard InChI is InChI=1S/C33H45N3O5/c1-4-14-24(2)35-21-13-18-33-27(30(39)36(28(33)31(35)40)20-10-5-6-11-22-37)26-29(38)34(19-12-17-32(26,3)41-33)23-25-15-8-7-9-16-25/h7-9,12-13,15-18,24,26-28,37H,4-6,10-11,14,19-23H2,1-3H3/t24?,26-,27-,28?,32+,33-/m0/s1. The number of carbonyl (C=O) groups is 3. The van der Waals surface area contributed by atoms with Crippen molar-refractivity contribution in [1.29, 1.82) is 0 Å². The molecule has 2 unspecified atom stereocenters.